The van der Waals surface area contributed by atoms with Crippen molar-refractivity contribution in [3.05, 3.63) is 168 Å². The average molecular weight is 549 g/mol. The van der Waals surface area contributed by atoms with Crippen molar-refractivity contribution in [3.8, 4) is 56.0 Å². The van der Waals surface area contributed by atoms with Gasteiger partial charge >= 0.3 is 0 Å². The summed E-state index contributed by atoms with van der Waals surface area (Å²) in [4.78, 5) is 0. The van der Waals surface area contributed by atoms with Crippen LogP contribution in [0.25, 0.3) is 55.3 Å². The normalized spacial score (nSPS) is 15.8. The van der Waals surface area contributed by atoms with Gasteiger partial charge in [0.15, 0.2) is 0 Å². The Bertz CT molecular complexity index is 2220. The van der Waals surface area contributed by atoms with Crippen LogP contribution in [0.3, 0.4) is 0 Å². The van der Waals surface area contributed by atoms with Crippen LogP contribution in [0.1, 0.15) is 23.6 Å². The zero-order valence-electron chi connectivity index (χ0n) is 23.8. The van der Waals surface area contributed by atoms with Crippen LogP contribution in [-0.4, -0.2) is 0 Å². The molecule has 1 unspecified atom stereocenters. The molecule has 1 heteroatoms. The van der Waals surface area contributed by atoms with E-state index >= 15 is 0 Å². The molecule has 1 atom stereocenters. The van der Waals surface area contributed by atoms with E-state index in [0.717, 1.165) is 17.1 Å². The van der Waals surface area contributed by atoms with Gasteiger partial charge in [0.05, 0.1) is 0 Å². The number of hydrogen-bond acceptors (Lipinski definition) is 1. The zero-order valence-corrected chi connectivity index (χ0v) is 23.8. The second-order valence-corrected chi connectivity index (χ2v) is 11.9. The molecule has 1 aliphatic heterocycles. The highest BCUT2D eigenvalue weighted by Crippen LogP contribution is 2.53. The van der Waals surface area contributed by atoms with Crippen molar-refractivity contribution in [3.63, 3.8) is 0 Å². The first-order valence-corrected chi connectivity index (χ1v) is 14.9. The third-order valence-corrected chi connectivity index (χ3v) is 9.55. The van der Waals surface area contributed by atoms with Crippen LogP contribution in [0.15, 0.2) is 152 Å². The van der Waals surface area contributed by atoms with Crippen molar-refractivity contribution in [1.82, 2.24) is 0 Å². The number of rotatable bonds is 3. The summed E-state index contributed by atoms with van der Waals surface area (Å²) in [7, 11) is 0. The highest BCUT2D eigenvalue weighted by molar-refractivity contribution is 6.04. The minimum Gasteiger partial charge on any atom is -0.456 e. The molecule has 0 saturated carbocycles. The predicted molar refractivity (Wildman–Crippen MR) is 178 cm³/mol. The van der Waals surface area contributed by atoms with Crippen molar-refractivity contribution in [2.75, 3.05) is 0 Å². The summed E-state index contributed by atoms with van der Waals surface area (Å²) in [5, 5.41) is 2.39. The lowest BCUT2D eigenvalue weighted by atomic mass is 9.74. The Morgan fingerprint density at radius 1 is 0.419 bits per heavy atom. The van der Waals surface area contributed by atoms with E-state index in [1.807, 2.05) is 0 Å². The van der Waals surface area contributed by atoms with Crippen LogP contribution >= 0.6 is 0 Å². The van der Waals surface area contributed by atoms with Crippen molar-refractivity contribution < 1.29 is 4.74 Å². The Morgan fingerprint density at radius 2 is 1.07 bits per heavy atom. The van der Waals surface area contributed by atoms with Crippen LogP contribution in [0.4, 0.5) is 0 Å². The summed E-state index contributed by atoms with van der Waals surface area (Å²) in [5.41, 5.74) is 13.7. The maximum atomic E-state index is 6.36. The molecule has 0 spiro atoms. The maximum absolute atomic E-state index is 6.36. The van der Waals surface area contributed by atoms with Gasteiger partial charge in [-0.3, -0.25) is 0 Å². The van der Waals surface area contributed by atoms with Crippen LogP contribution in [0.2, 0.25) is 0 Å². The lowest BCUT2D eigenvalue weighted by Crippen LogP contribution is -2.22. The average Bonchev–Trinajstić information content (AvgIpc) is 3.34. The molecule has 0 aromatic heterocycles. The van der Waals surface area contributed by atoms with E-state index in [4.69, 9.17) is 4.74 Å². The largest absolute Gasteiger partial charge is 0.456 e. The molecule has 0 N–H and O–H groups in total. The number of fused-ring (bicyclic) bond motifs is 5. The molecule has 0 saturated heterocycles. The van der Waals surface area contributed by atoms with Gasteiger partial charge in [-0.1, -0.05) is 121 Å². The number of ether oxygens (including phenoxy) is 1. The van der Waals surface area contributed by atoms with E-state index in [2.05, 4.69) is 159 Å². The first-order valence-electron chi connectivity index (χ1n) is 14.9. The minimum absolute atomic E-state index is 0.212. The van der Waals surface area contributed by atoms with Gasteiger partial charge in [0.25, 0.3) is 0 Å². The summed E-state index contributed by atoms with van der Waals surface area (Å²) in [6.07, 6.45) is 0. The van der Waals surface area contributed by atoms with Crippen molar-refractivity contribution in [2.24, 2.45) is 0 Å². The first-order chi connectivity index (χ1) is 21.2. The topological polar surface area (TPSA) is 9.23 Å². The van der Waals surface area contributed by atoms with Crippen LogP contribution < -0.4 is 4.74 Å². The number of benzene rings is 7. The summed E-state index contributed by atoms with van der Waals surface area (Å²) >= 11 is 0. The fourth-order valence-electron chi connectivity index (χ4n) is 7.38. The molecule has 0 radical (unpaired) electrons. The van der Waals surface area contributed by atoms with E-state index in [9.17, 15) is 0 Å². The van der Waals surface area contributed by atoms with E-state index in [1.54, 1.807) is 0 Å². The second kappa shape index (κ2) is 9.05. The van der Waals surface area contributed by atoms with E-state index < -0.39 is 0 Å². The molecule has 0 fully saturated rings. The predicted octanol–water partition coefficient (Wildman–Crippen LogP) is 11.3. The van der Waals surface area contributed by atoms with Crippen LogP contribution in [0.5, 0.6) is 11.5 Å². The third kappa shape index (κ3) is 3.52. The Kier molecular flexibility index (Phi) is 5.10. The summed E-state index contributed by atoms with van der Waals surface area (Å²) in [6, 6.07) is 55.1. The first kappa shape index (κ1) is 24.2. The van der Waals surface area contributed by atoms with Gasteiger partial charge in [0.1, 0.15) is 11.5 Å². The van der Waals surface area contributed by atoms with Crippen molar-refractivity contribution in [1.29, 1.82) is 0 Å². The fraction of sp³-hybridized carbons (Fsp3) is 0.0476. The Morgan fingerprint density at radius 3 is 1.93 bits per heavy atom. The molecule has 7 aromatic rings. The summed E-state index contributed by atoms with van der Waals surface area (Å²) < 4.78 is 6.36. The molecule has 7 aromatic carbocycles. The molecule has 9 rings (SSSR count). The third-order valence-electron chi connectivity index (χ3n) is 9.55. The highest BCUT2D eigenvalue weighted by atomic mass is 16.5. The molecule has 1 heterocycles. The smallest absolute Gasteiger partial charge is 0.135 e. The van der Waals surface area contributed by atoms with Gasteiger partial charge in [-0.05, 0) is 98.3 Å². The Labute approximate surface area is 251 Å². The lowest BCUT2D eigenvalue weighted by molar-refractivity contribution is 0.487. The summed E-state index contributed by atoms with van der Waals surface area (Å²) in [5.74, 6) is 1.83. The van der Waals surface area contributed by atoms with Gasteiger partial charge < -0.3 is 4.74 Å². The molecule has 43 heavy (non-hydrogen) atoms. The molecule has 1 nitrogen and oxygen atoms in total. The molecule has 0 bridgehead atoms. The molecule has 1 aliphatic carbocycles. The highest BCUT2D eigenvalue weighted by Gasteiger charge is 2.40. The van der Waals surface area contributed by atoms with Gasteiger partial charge in [-0.25, -0.2) is 0 Å². The quantitative estimate of drug-likeness (QED) is 0.213. The van der Waals surface area contributed by atoms with E-state index in [-0.39, 0.29) is 5.41 Å². The van der Waals surface area contributed by atoms with E-state index in [0.29, 0.717) is 0 Å². The molecule has 2 aliphatic rings. The van der Waals surface area contributed by atoms with Crippen molar-refractivity contribution in [2.45, 2.75) is 12.3 Å². The van der Waals surface area contributed by atoms with Gasteiger partial charge in [0, 0.05) is 16.4 Å². The van der Waals surface area contributed by atoms with E-state index in [1.165, 1.54) is 66.4 Å². The Balaban J connectivity index is 1.16. The zero-order chi connectivity index (χ0) is 28.5. The maximum Gasteiger partial charge on any atom is 0.135 e. The van der Waals surface area contributed by atoms with Crippen LogP contribution in [0, 0.1) is 0 Å². The minimum atomic E-state index is -0.212. The second-order valence-electron chi connectivity index (χ2n) is 11.9. The monoisotopic (exact) mass is 548 g/mol. The van der Waals surface area contributed by atoms with Gasteiger partial charge in [-0.15, -0.1) is 0 Å². The lowest BCUT2D eigenvalue weighted by Gasteiger charge is -2.28. The van der Waals surface area contributed by atoms with Gasteiger partial charge in [-0.2, -0.15) is 0 Å². The Hall–Kier alpha value is -5.40. The molecular weight excluding hydrogens is 520 g/mol. The van der Waals surface area contributed by atoms with Gasteiger partial charge in [0.2, 0.25) is 0 Å². The number of hydrogen-bond donors (Lipinski definition) is 0. The summed E-state index contributed by atoms with van der Waals surface area (Å²) in [6.45, 7) is 2.38. The fourth-order valence-corrected chi connectivity index (χ4v) is 7.38. The standard InChI is InChI=1S/C42H28O/c1-42(32-14-3-2-4-15-32)37-18-6-5-16-33(37)34-22-20-31(26-38(34)42)29-13-7-12-28(24-29)30-21-23-39-36(25-30)35-17-8-10-27-11-9-19-40(43-39)41(27)35/h2-26H,1H3. The molecular formula is C42H28O. The molecule has 0 amide bonds. The SMILES string of the molecule is CC1(c2ccccc2)c2ccccc2-c2ccc(-c3cccc(-c4ccc5c(c4)-c4cccc6cccc(c46)O5)c3)cc21. The van der Waals surface area contributed by atoms with Crippen molar-refractivity contribution >= 4 is 10.8 Å². The molecule has 202 valence electrons. The van der Waals surface area contributed by atoms with Crippen LogP contribution in [-0.2, 0) is 5.41 Å².